The summed E-state index contributed by atoms with van der Waals surface area (Å²) in [6, 6.07) is 11.0. The minimum atomic E-state index is -0.00620. The van der Waals surface area contributed by atoms with Gasteiger partial charge in [-0.1, -0.05) is 39.8 Å². The second-order valence-electron chi connectivity index (χ2n) is 7.09. The summed E-state index contributed by atoms with van der Waals surface area (Å²) in [7, 11) is 0. The standard InChI is InChI=1S/C22H28N2O4.2C2H6/c1-16-14-18(4-3-9-23-22(26)24-10-12-27-13-11-24)15-17(2)21(16)28-20-7-5-19(25)6-8-20;2*1-2/h5-8,14-15,25H,3-4,9-13H2,1-2H3,(H,23,26);2*1-2H3. The van der Waals surface area contributed by atoms with Crippen LogP contribution in [0, 0.1) is 13.8 Å². The Labute approximate surface area is 193 Å². The minimum Gasteiger partial charge on any atom is -0.508 e. The molecule has 0 aliphatic carbocycles. The van der Waals surface area contributed by atoms with E-state index >= 15 is 0 Å². The first-order valence-electron chi connectivity index (χ1n) is 11.7. The predicted molar refractivity (Wildman–Crippen MR) is 131 cm³/mol. The molecule has 1 fully saturated rings. The quantitative estimate of drug-likeness (QED) is 0.550. The largest absolute Gasteiger partial charge is 0.508 e. The molecule has 2 aromatic carbocycles. The molecule has 2 N–H and O–H groups in total. The lowest BCUT2D eigenvalue weighted by Crippen LogP contribution is -2.46. The summed E-state index contributed by atoms with van der Waals surface area (Å²) in [5.41, 5.74) is 3.37. The number of ether oxygens (including phenoxy) is 2. The highest BCUT2D eigenvalue weighted by molar-refractivity contribution is 5.74. The van der Waals surface area contributed by atoms with Gasteiger partial charge < -0.3 is 24.8 Å². The van der Waals surface area contributed by atoms with Gasteiger partial charge in [0.05, 0.1) is 13.2 Å². The van der Waals surface area contributed by atoms with Gasteiger partial charge in [0.1, 0.15) is 17.2 Å². The number of urea groups is 1. The van der Waals surface area contributed by atoms with Gasteiger partial charge in [-0.3, -0.25) is 0 Å². The first kappa shape index (κ1) is 27.3. The molecule has 0 radical (unpaired) electrons. The van der Waals surface area contributed by atoms with Crippen molar-refractivity contribution >= 4 is 6.03 Å². The Kier molecular flexibility index (Phi) is 12.9. The Bertz CT molecular complexity index is 777. The van der Waals surface area contributed by atoms with Crippen molar-refractivity contribution in [3.05, 3.63) is 53.1 Å². The molecule has 1 aliphatic heterocycles. The summed E-state index contributed by atoms with van der Waals surface area (Å²) in [5, 5.41) is 12.4. The monoisotopic (exact) mass is 444 g/mol. The third-order valence-corrected chi connectivity index (χ3v) is 4.79. The van der Waals surface area contributed by atoms with Gasteiger partial charge in [-0.15, -0.1) is 0 Å². The molecule has 0 aromatic heterocycles. The smallest absolute Gasteiger partial charge is 0.317 e. The van der Waals surface area contributed by atoms with Crippen molar-refractivity contribution in [1.29, 1.82) is 0 Å². The number of hydrogen-bond donors (Lipinski definition) is 2. The number of amides is 2. The number of carbonyl (C=O) groups excluding carboxylic acids is 1. The van der Waals surface area contributed by atoms with Gasteiger partial charge in [0.25, 0.3) is 0 Å². The molecule has 1 saturated heterocycles. The maximum absolute atomic E-state index is 12.1. The number of rotatable bonds is 6. The lowest BCUT2D eigenvalue weighted by atomic mass is 10.0. The van der Waals surface area contributed by atoms with E-state index in [1.165, 1.54) is 5.56 Å². The normalized spacial score (nSPS) is 12.6. The highest BCUT2D eigenvalue weighted by Crippen LogP contribution is 2.31. The van der Waals surface area contributed by atoms with E-state index in [-0.39, 0.29) is 11.8 Å². The van der Waals surface area contributed by atoms with E-state index in [2.05, 4.69) is 17.4 Å². The zero-order valence-corrected chi connectivity index (χ0v) is 20.5. The van der Waals surface area contributed by atoms with Crippen LogP contribution in [0.1, 0.15) is 50.8 Å². The van der Waals surface area contributed by atoms with E-state index in [9.17, 15) is 9.90 Å². The molecule has 1 heterocycles. The summed E-state index contributed by atoms with van der Waals surface area (Å²) in [4.78, 5) is 13.9. The van der Waals surface area contributed by atoms with Gasteiger partial charge in [0.15, 0.2) is 0 Å². The highest BCUT2D eigenvalue weighted by atomic mass is 16.5. The van der Waals surface area contributed by atoms with Crippen LogP contribution in [0.5, 0.6) is 17.2 Å². The molecule has 178 valence electrons. The number of phenols is 1. The average Bonchev–Trinajstić information content (AvgIpc) is 2.83. The molecular formula is C26H40N2O4. The number of morpholine rings is 1. The van der Waals surface area contributed by atoms with Crippen molar-refractivity contribution < 1.29 is 19.4 Å². The average molecular weight is 445 g/mol. The van der Waals surface area contributed by atoms with Crippen molar-refractivity contribution in [1.82, 2.24) is 10.2 Å². The zero-order chi connectivity index (χ0) is 23.9. The second-order valence-corrected chi connectivity index (χ2v) is 7.09. The third kappa shape index (κ3) is 8.79. The number of hydrogen-bond acceptors (Lipinski definition) is 4. The second kappa shape index (κ2) is 15.1. The number of nitrogens with zero attached hydrogens (tertiary/aromatic N) is 1. The fourth-order valence-electron chi connectivity index (χ4n) is 3.34. The predicted octanol–water partition coefficient (Wildman–Crippen LogP) is 5.83. The van der Waals surface area contributed by atoms with Gasteiger partial charge >= 0.3 is 6.03 Å². The Morgan fingerprint density at radius 2 is 1.59 bits per heavy atom. The molecule has 1 aliphatic rings. The maximum Gasteiger partial charge on any atom is 0.317 e. The number of benzene rings is 2. The molecular weight excluding hydrogens is 404 g/mol. The fraction of sp³-hybridized carbons (Fsp3) is 0.500. The summed E-state index contributed by atoms with van der Waals surface area (Å²) in [6.45, 7) is 15.3. The summed E-state index contributed by atoms with van der Waals surface area (Å²) >= 11 is 0. The van der Waals surface area contributed by atoms with Crippen molar-refractivity contribution in [2.45, 2.75) is 54.4 Å². The molecule has 6 heteroatoms. The lowest BCUT2D eigenvalue weighted by molar-refractivity contribution is 0.0532. The van der Waals surface area contributed by atoms with Crippen molar-refractivity contribution in [3.8, 4) is 17.2 Å². The number of carbonyl (C=O) groups is 1. The van der Waals surface area contributed by atoms with Crippen LogP contribution in [-0.2, 0) is 11.2 Å². The summed E-state index contributed by atoms with van der Waals surface area (Å²) in [6.07, 6.45) is 1.78. The minimum absolute atomic E-state index is 0.00620. The van der Waals surface area contributed by atoms with E-state index in [1.54, 1.807) is 29.2 Å². The number of aryl methyl sites for hydroxylation is 3. The molecule has 0 spiro atoms. The fourth-order valence-corrected chi connectivity index (χ4v) is 3.34. The molecule has 6 nitrogen and oxygen atoms in total. The van der Waals surface area contributed by atoms with Crippen LogP contribution in [0.4, 0.5) is 4.79 Å². The van der Waals surface area contributed by atoms with Crippen LogP contribution < -0.4 is 10.1 Å². The SMILES string of the molecule is CC.CC.Cc1cc(CCCNC(=O)N2CCOCC2)cc(C)c1Oc1ccc(O)cc1. The van der Waals surface area contributed by atoms with E-state index in [0.717, 1.165) is 29.7 Å². The van der Waals surface area contributed by atoms with Crippen LogP contribution in [0.3, 0.4) is 0 Å². The van der Waals surface area contributed by atoms with Gasteiger partial charge in [0, 0.05) is 19.6 Å². The van der Waals surface area contributed by atoms with Crippen molar-refractivity contribution in [2.75, 3.05) is 32.8 Å². The molecule has 3 rings (SSSR count). The third-order valence-electron chi connectivity index (χ3n) is 4.79. The molecule has 0 unspecified atom stereocenters. The molecule has 0 bridgehead atoms. The lowest BCUT2D eigenvalue weighted by Gasteiger charge is -2.26. The Morgan fingerprint density at radius 3 is 2.16 bits per heavy atom. The number of aromatic hydroxyl groups is 1. The highest BCUT2D eigenvalue weighted by Gasteiger charge is 2.15. The van der Waals surface area contributed by atoms with Crippen LogP contribution in [-0.4, -0.2) is 48.9 Å². The Hall–Kier alpha value is -2.73. The molecule has 0 saturated carbocycles. The summed E-state index contributed by atoms with van der Waals surface area (Å²) in [5.74, 6) is 1.76. The first-order chi connectivity index (χ1) is 15.5. The van der Waals surface area contributed by atoms with Gasteiger partial charge in [0.2, 0.25) is 0 Å². The molecule has 2 amide bonds. The molecule has 32 heavy (non-hydrogen) atoms. The van der Waals surface area contributed by atoms with Crippen LogP contribution in [0.15, 0.2) is 36.4 Å². The van der Waals surface area contributed by atoms with Gasteiger partial charge in [-0.25, -0.2) is 4.79 Å². The van der Waals surface area contributed by atoms with Crippen molar-refractivity contribution in [3.63, 3.8) is 0 Å². The zero-order valence-electron chi connectivity index (χ0n) is 20.5. The topological polar surface area (TPSA) is 71.0 Å². The van der Waals surface area contributed by atoms with E-state index in [0.29, 0.717) is 38.6 Å². The van der Waals surface area contributed by atoms with Crippen molar-refractivity contribution in [2.24, 2.45) is 0 Å². The van der Waals surface area contributed by atoms with E-state index in [4.69, 9.17) is 9.47 Å². The van der Waals surface area contributed by atoms with Crippen LogP contribution in [0.25, 0.3) is 0 Å². The van der Waals surface area contributed by atoms with E-state index < -0.39 is 0 Å². The van der Waals surface area contributed by atoms with E-state index in [1.807, 2.05) is 41.5 Å². The van der Waals surface area contributed by atoms with Gasteiger partial charge in [-0.2, -0.15) is 0 Å². The van der Waals surface area contributed by atoms with Crippen LogP contribution >= 0.6 is 0 Å². The number of nitrogens with one attached hydrogen (secondary N) is 1. The van der Waals surface area contributed by atoms with Crippen LogP contribution in [0.2, 0.25) is 0 Å². The molecule has 2 aromatic rings. The molecule has 0 atom stereocenters. The summed E-state index contributed by atoms with van der Waals surface area (Å²) < 4.78 is 11.3. The Balaban J connectivity index is 0.00000121. The maximum atomic E-state index is 12.1. The van der Waals surface area contributed by atoms with Gasteiger partial charge in [-0.05, 0) is 67.6 Å². The first-order valence-corrected chi connectivity index (χ1v) is 11.7. The number of phenolic OH excluding ortho intramolecular Hbond substituents is 1. The Morgan fingerprint density at radius 1 is 1.03 bits per heavy atom.